The van der Waals surface area contributed by atoms with Crippen molar-refractivity contribution in [1.82, 2.24) is 10.3 Å². The standard InChI is InChI=1S/C14H24N2O/c1-14(2,3)16-10-13-15-9-12(17-13)8-11-6-4-5-7-11/h9,11,16H,4-8,10H2,1-3H3. The molecule has 1 aromatic rings. The first-order valence-corrected chi connectivity index (χ1v) is 6.71. The van der Waals surface area contributed by atoms with E-state index in [1.54, 1.807) is 0 Å². The predicted molar refractivity (Wildman–Crippen MR) is 68.8 cm³/mol. The fraction of sp³-hybridized carbons (Fsp3) is 0.786. The lowest BCUT2D eigenvalue weighted by atomic mass is 10.0. The van der Waals surface area contributed by atoms with Crippen LogP contribution in [0.5, 0.6) is 0 Å². The monoisotopic (exact) mass is 236 g/mol. The van der Waals surface area contributed by atoms with Crippen LogP contribution in [0.15, 0.2) is 10.6 Å². The van der Waals surface area contributed by atoms with Gasteiger partial charge in [-0.3, -0.25) is 0 Å². The Labute approximate surface area is 104 Å². The summed E-state index contributed by atoms with van der Waals surface area (Å²) in [6.07, 6.45) is 8.46. The zero-order valence-corrected chi connectivity index (χ0v) is 11.3. The van der Waals surface area contributed by atoms with Gasteiger partial charge in [-0.25, -0.2) is 4.98 Å². The minimum absolute atomic E-state index is 0.111. The highest BCUT2D eigenvalue weighted by Crippen LogP contribution is 2.28. The highest BCUT2D eigenvalue weighted by atomic mass is 16.4. The van der Waals surface area contributed by atoms with Crippen LogP contribution >= 0.6 is 0 Å². The molecule has 0 aromatic carbocycles. The number of nitrogens with zero attached hydrogens (tertiary/aromatic N) is 1. The average molecular weight is 236 g/mol. The smallest absolute Gasteiger partial charge is 0.208 e. The quantitative estimate of drug-likeness (QED) is 0.871. The maximum Gasteiger partial charge on any atom is 0.208 e. The normalized spacial score (nSPS) is 17.8. The fourth-order valence-corrected chi connectivity index (χ4v) is 2.36. The van der Waals surface area contributed by atoms with E-state index in [2.05, 4.69) is 31.1 Å². The summed E-state index contributed by atoms with van der Waals surface area (Å²) in [6, 6.07) is 0. The minimum atomic E-state index is 0.111. The van der Waals surface area contributed by atoms with Gasteiger partial charge >= 0.3 is 0 Å². The molecule has 0 saturated heterocycles. The molecule has 0 amide bonds. The molecule has 1 fully saturated rings. The van der Waals surface area contributed by atoms with Crippen LogP contribution in [0.4, 0.5) is 0 Å². The molecule has 1 heterocycles. The third-order valence-corrected chi connectivity index (χ3v) is 3.34. The third kappa shape index (κ3) is 4.15. The van der Waals surface area contributed by atoms with E-state index >= 15 is 0 Å². The van der Waals surface area contributed by atoms with E-state index in [1.807, 2.05) is 6.20 Å². The van der Waals surface area contributed by atoms with Crippen molar-refractivity contribution < 1.29 is 4.42 Å². The van der Waals surface area contributed by atoms with E-state index in [9.17, 15) is 0 Å². The number of nitrogens with one attached hydrogen (secondary N) is 1. The van der Waals surface area contributed by atoms with E-state index in [-0.39, 0.29) is 5.54 Å². The van der Waals surface area contributed by atoms with Gasteiger partial charge in [0.2, 0.25) is 5.89 Å². The van der Waals surface area contributed by atoms with Crippen LogP contribution in [-0.4, -0.2) is 10.5 Å². The Morgan fingerprint density at radius 2 is 2.06 bits per heavy atom. The maximum atomic E-state index is 5.77. The van der Waals surface area contributed by atoms with E-state index in [0.717, 1.165) is 24.0 Å². The van der Waals surface area contributed by atoms with E-state index < -0.39 is 0 Å². The molecule has 1 aromatic heterocycles. The summed E-state index contributed by atoms with van der Waals surface area (Å²) in [6.45, 7) is 7.16. The Hall–Kier alpha value is -0.830. The predicted octanol–water partition coefficient (Wildman–Crippen LogP) is 3.30. The molecule has 1 aliphatic rings. The Kier molecular flexibility index (Phi) is 3.87. The SMILES string of the molecule is CC(C)(C)NCc1ncc(CC2CCCC2)o1. The molecule has 0 atom stereocenters. The second-order valence-corrected chi connectivity index (χ2v) is 6.18. The lowest BCUT2D eigenvalue weighted by Gasteiger charge is -2.18. The molecule has 0 spiro atoms. The van der Waals surface area contributed by atoms with Gasteiger partial charge in [0.05, 0.1) is 12.7 Å². The van der Waals surface area contributed by atoms with Crippen molar-refractivity contribution in [2.45, 2.75) is 65.0 Å². The lowest BCUT2D eigenvalue weighted by molar-refractivity contribution is 0.362. The summed E-state index contributed by atoms with van der Waals surface area (Å²) in [5.74, 6) is 2.70. The Bertz CT molecular complexity index is 345. The zero-order chi connectivity index (χ0) is 12.3. The Balaban J connectivity index is 1.83. The van der Waals surface area contributed by atoms with Crippen molar-refractivity contribution in [3.8, 4) is 0 Å². The average Bonchev–Trinajstić information content (AvgIpc) is 2.86. The lowest BCUT2D eigenvalue weighted by Crippen LogP contribution is -2.35. The van der Waals surface area contributed by atoms with Crippen molar-refractivity contribution in [3.05, 3.63) is 17.8 Å². The van der Waals surface area contributed by atoms with E-state index in [1.165, 1.54) is 25.7 Å². The first-order valence-electron chi connectivity index (χ1n) is 6.71. The summed E-state index contributed by atoms with van der Waals surface area (Å²) in [7, 11) is 0. The zero-order valence-electron chi connectivity index (χ0n) is 11.3. The van der Waals surface area contributed by atoms with Crippen LogP contribution in [-0.2, 0) is 13.0 Å². The second-order valence-electron chi connectivity index (χ2n) is 6.18. The van der Waals surface area contributed by atoms with Crippen molar-refractivity contribution in [2.75, 3.05) is 0 Å². The first-order chi connectivity index (χ1) is 8.03. The molecule has 3 nitrogen and oxygen atoms in total. The van der Waals surface area contributed by atoms with E-state index in [4.69, 9.17) is 4.42 Å². The molecule has 1 aliphatic carbocycles. The van der Waals surface area contributed by atoms with Crippen LogP contribution < -0.4 is 5.32 Å². The fourth-order valence-electron chi connectivity index (χ4n) is 2.36. The number of hydrogen-bond donors (Lipinski definition) is 1. The third-order valence-electron chi connectivity index (χ3n) is 3.34. The molecule has 2 rings (SSSR count). The van der Waals surface area contributed by atoms with Gasteiger partial charge < -0.3 is 9.73 Å². The van der Waals surface area contributed by atoms with Gasteiger partial charge in [0.1, 0.15) is 5.76 Å². The van der Waals surface area contributed by atoms with Gasteiger partial charge in [0.15, 0.2) is 0 Å². The highest BCUT2D eigenvalue weighted by Gasteiger charge is 2.18. The number of aromatic nitrogens is 1. The largest absolute Gasteiger partial charge is 0.444 e. The van der Waals surface area contributed by atoms with Crippen LogP contribution in [0.1, 0.15) is 58.1 Å². The van der Waals surface area contributed by atoms with Gasteiger partial charge in [-0.15, -0.1) is 0 Å². The van der Waals surface area contributed by atoms with Crippen molar-refractivity contribution in [1.29, 1.82) is 0 Å². The molecule has 17 heavy (non-hydrogen) atoms. The summed E-state index contributed by atoms with van der Waals surface area (Å²) in [5.41, 5.74) is 0.111. The van der Waals surface area contributed by atoms with Gasteiger partial charge in [0, 0.05) is 12.0 Å². The first kappa shape index (κ1) is 12.6. The summed E-state index contributed by atoms with van der Waals surface area (Å²) in [5, 5.41) is 3.39. The summed E-state index contributed by atoms with van der Waals surface area (Å²) in [4.78, 5) is 4.33. The molecular formula is C14H24N2O. The van der Waals surface area contributed by atoms with Crippen LogP contribution in [0.25, 0.3) is 0 Å². The number of oxazole rings is 1. The van der Waals surface area contributed by atoms with Gasteiger partial charge in [-0.2, -0.15) is 0 Å². The molecule has 0 aliphatic heterocycles. The van der Waals surface area contributed by atoms with Gasteiger partial charge in [-0.05, 0) is 26.7 Å². The van der Waals surface area contributed by atoms with Crippen molar-refractivity contribution in [3.63, 3.8) is 0 Å². The maximum absolute atomic E-state index is 5.77. The molecule has 0 bridgehead atoms. The Morgan fingerprint density at radius 3 is 2.71 bits per heavy atom. The molecule has 1 N–H and O–H groups in total. The second kappa shape index (κ2) is 5.21. The molecular weight excluding hydrogens is 212 g/mol. The molecule has 96 valence electrons. The van der Waals surface area contributed by atoms with Crippen LogP contribution in [0.2, 0.25) is 0 Å². The van der Waals surface area contributed by atoms with Crippen molar-refractivity contribution >= 4 is 0 Å². The topological polar surface area (TPSA) is 38.1 Å². The van der Waals surface area contributed by atoms with E-state index in [0.29, 0.717) is 6.54 Å². The highest BCUT2D eigenvalue weighted by molar-refractivity contribution is 4.96. The number of hydrogen-bond acceptors (Lipinski definition) is 3. The van der Waals surface area contributed by atoms with Gasteiger partial charge in [-0.1, -0.05) is 25.7 Å². The summed E-state index contributed by atoms with van der Waals surface area (Å²) >= 11 is 0. The van der Waals surface area contributed by atoms with Crippen molar-refractivity contribution in [2.24, 2.45) is 5.92 Å². The minimum Gasteiger partial charge on any atom is -0.444 e. The molecule has 1 saturated carbocycles. The molecule has 0 radical (unpaired) electrons. The Morgan fingerprint density at radius 1 is 1.35 bits per heavy atom. The van der Waals surface area contributed by atoms with Gasteiger partial charge in [0.25, 0.3) is 0 Å². The summed E-state index contributed by atoms with van der Waals surface area (Å²) < 4.78 is 5.77. The van der Waals surface area contributed by atoms with Crippen LogP contribution in [0.3, 0.4) is 0 Å². The molecule has 3 heteroatoms. The van der Waals surface area contributed by atoms with Crippen LogP contribution in [0, 0.1) is 5.92 Å². The number of rotatable bonds is 4. The molecule has 0 unspecified atom stereocenters.